The van der Waals surface area contributed by atoms with Crippen molar-refractivity contribution in [3.8, 4) is 0 Å². The van der Waals surface area contributed by atoms with Crippen LogP contribution in [0.3, 0.4) is 0 Å². The maximum Gasteiger partial charge on any atom is 0.299 e. The first-order valence-corrected chi connectivity index (χ1v) is 16.9. The summed E-state index contributed by atoms with van der Waals surface area (Å²) in [7, 11) is -4.05. The molecule has 0 aliphatic heterocycles. The molecule has 0 aliphatic rings. The van der Waals surface area contributed by atoms with E-state index in [1.807, 2.05) is 18.2 Å². The standard InChI is InChI=1S/C26H53FO3S.C5H5N/c1-3-5-7-9-11-13-14-15-17-19-21-23-25-30-31(28,29)26(27)24-22-20-18-16-12-10-8-6-4-2;1-2-4-6-5-3-1/h26H,3-25H2,1-2H3;1-5H. The van der Waals surface area contributed by atoms with Crippen LogP contribution >= 0.6 is 0 Å². The molecule has 0 radical (unpaired) electrons. The van der Waals surface area contributed by atoms with E-state index in [2.05, 4.69) is 18.8 Å². The maximum absolute atomic E-state index is 14.0. The molecule has 0 N–H and O–H groups in total. The molecule has 1 atom stereocenters. The van der Waals surface area contributed by atoms with Crippen LogP contribution in [0.15, 0.2) is 30.6 Å². The molecular weight excluding hydrogens is 485 g/mol. The Labute approximate surface area is 229 Å². The Morgan fingerprint density at radius 3 is 1.32 bits per heavy atom. The Morgan fingerprint density at radius 2 is 0.973 bits per heavy atom. The maximum atomic E-state index is 14.0. The molecule has 0 amide bonds. The summed E-state index contributed by atoms with van der Waals surface area (Å²) in [4.78, 5) is 3.78. The second-order valence-corrected chi connectivity index (χ2v) is 12.0. The summed E-state index contributed by atoms with van der Waals surface area (Å²) in [5.74, 6) is 0. The number of nitrogens with zero attached hydrogens (tertiary/aromatic N) is 1. The van der Waals surface area contributed by atoms with E-state index >= 15 is 0 Å². The van der Waals surface area contributed by atoms with E-state index in [4.69, 9.17) is 4.18 Å². The first-order valence-electron chi connectivity index (χ1n) is 15.4. The Morgan fingerprint density at radius 1 is 0.595 bits per heavy atom. The third-order valence-corrected chi connectivity index (χ3v) is 8.02. The quantitative estimate of drug-likeness (QED) is 0.0909. The fourth-order valence-corrected chi connectivity index (χ4v) is 5.22. The largest absolute Gasteiger partial charge is 0.299 e. The van der Waals surface area contributed by atoms with E-state index in [1.54, 1.807) is 12.4 Å². The molecule has 1 aromatic rings. The molecule has 37 heavy (non-hydrogen) atoms. The van der Waals surface area contributed by atoms with E-state index in [9.17, 15) is 12.8 Å². The van der Waals surface area contributed by atoms with Gasteiger partial charge in [-0.3, -0.25) is 9.17 Å². The summed E-state index contributed by atoms with van der Waals surface area (Å²) in [5, 5.41) is 0. The molecule has 1 unspecified atom stereocenters. The average molecular weight is 544 g/mol. The highest BCUT2D eigenvalue weighted by Crippen LogP contribution is 2.17. The number of alkyl halides is 1. The number of unbranched alkanes of at least 4 members (excludes halogenated alkanes) is 19. The van der Waals surface area contributed by atoms with Crippen LogP contribution in [0.1, 0.15) is 155 Å². The van der Waals surface area contributed by atoms with Crippen LogP contribution in [0.4, 0.5) is 4.39 Å². The van der Waals surface area contributed by atoms with Gasteiger partial charge in [-0.2, -0.15) is 8.42 Å². The SMILES string of the molecule is CCCCCCCCCCCCCCOS(=O)(=O)C(F)CCCCCCCCCCC.c1ccncc1. The van der Waals surface area contributed by atoms with Crippen LogP contribution < -0.4 is 0 Å². The van der Waals surface area contributed by atoms with Crippen LogP contribution in [0.2, 0.25) is 0 Å². The van der Waals surface area contributed by atoms with Gasteiger partial charge in [-0.25, -0.2) is 4.39 Å². The van der Waals surface area contributed by atoms with E-state index in [0.29, 0.717) is 12.8 Å². The van der Waals surface area contributed by atoms with Crippen molar-refractivity contribution < 1.29 is 17.0 Å². The lowest BCUT2D eigenvalue weighted by Gasteiger charge is -2.10. The van der Waals surface area contributed by atoms with Crippen LogP contribution in [-0.4, -0.2) is 25.5 Å². The molecule has 0 spiro atoms. The van der Waals surface area contributed by atoms with Crippen molar-refractivity contribution in [1.82, 2.24) is 4.98 Å². The van der Waals surface area contributed by atoms with Gasteiger partial charge in [-0.15, -0.1) is 0 Å². The molecule has 0 saturated heterocycles. The number of hydrogen-bond donors (Lipinski definition) is 0. The van der Waals surface area contributed by atoms with E-state index in [0.717, 1.165) is 25.7 Å². The molecule has 218 valence electrons. The van der Waals surface area contributed by atoms with Crippen molar-refractivity contribution in [2.24, 2.45) is 0 Å². The number of halogens is 1. The summed E-state index contributed by atoms with van der Waals surface area (Å²) in [6.07, 6.45) is 28.3. The predicted molar refractivity (Wildman–Crippen MR) is 157 cm³/mol. The van der Waals surface area contributed by atoms with Gasteiger partial charge in [0.15, 0.2) is 0 Å². The third kappa shape index (κ3) is 26.4. The van der Waals surface area contributed by atoms with Gasteiger partial charge in [0, 0.05) is 12.4 Å². The first-order chi connectivity index (χ1) is 18.0. The minimum Gasteiger partial charge on any atom is -0.268 e. The molecule has 0 aromatic carbocycles. The highest BCUT2D eigenvalue weighted by Gasteiger charge is 2.25. The molecule has 1 heterocycles. The van der Waals surface area contributed by atoms with Gasteiger partial charge < -0.3 is 0 Å². The van der Waals surface area contributed by atoms with Crippen molar-refractivity contribution in [3.05, 3.63) is 30.6 Å². The van der Waals surface area contributed by atoms with Crippen molar-refractivity contribution in [2.75, 3.05) is 6.61 Å². The Balaban J connectivity index is 0.00000187. The van der Waals surface area contributed by atoms with Crippen molar-refractivity contribution in [3.63, 3.8) is 0 Å². The number of aromatic nitrogens is 1. The minimum absolute atomic E-state index is 0.0661. The van der Waals surface area contributed by atoms with E-state index in [1.165, 1.54) is 96.3 Å². The average Bonchev–Trinajstić information content (AvgIpc) is 2.91. The third-order valence-electron chi connectivity index (χ3n) is 6.66. The molecule has 4 nitrogen and oxygen atoms in total. The lowest BCUT2D eigenvalue weighted by Crippen LogP contribution is -2.19. The summed E-state index contributed by atoms with van der Waals surface area (Å²) in [5.41, 5.74) is -1.87. The molecule has 0 fully saturated rings. The molecule has 0 bridgehead atoms. The highest BCUT2D eigenvalue weighted by molar-refractivity contribution is 7.87. The monoisotopic (exact) mass is 543 g/mol. The zero-order chi connectivity index (χ0) is 27.3. The van der Waals surface area contributed by atoms with Crippen molar-refractivity contribution in [2.45, 2.75) is 161 Å². The lowest BCUT2D eigenvalue weighted by atomic mass is 10.1. The van der Waals surface area contributed by atoms with Gasteiger partial charge in [0.05, 0.1) is 6.61 Å². The van der Waals surface area contributed by atoms with Crippen molar-refractivity contribution in [1.29, 1.82) is 0 Å². The van der Waals surface area contributed by atoms with Gasteiger partial charge in [0.2, 0.25) is 5.50 Å². The van der Waals surface area contributed by atoms with E-state index < -0.39 is 15.6 Å². The predicted octanol–water partition coefficient (Wildman–Crippen LogP) is 10.3. The summed E-state index contributed by atoms with van der Waals surface area (Å²) in [6.45, 7) is 4.58. The van der Waals surface area contributed by atoms with E-state index in [-0.39, 0.29) is 13.0 Å². The summed E-state index contributed by atoms with van der Waals surface area (Å²) < 4.78 is 42.7. The fourth-order valence-electron chi connectivity index (χ4n) is 4.26. The highest BCUT2D eigenvalue weighted by atomic mass is 32.2. The van der Waals surface area contributed by atoms with Crippen LogP contribution in [0.25, 0.3) is 0 Å². The van der Waals surface area contributed by atoms with Crippen LogP contribution in [-0.2, 0) is 14.3 Å². The molecule has 0 aliphatic carbocycles. The minimum atomic E-state index is -4.05. The van der Waals surface area contributed by atoms with Crippen molar-refractivity contribution >= 4 is 10.1 Å². The zero-order valence-corrected chi connectivity index (χ0v) is 25.0. The first kappa shape index (κ1) is 36.0. The smallest absolute Gasteiger partial charge is 0.268 e. The molecule has 1 aromatic heterocycles. The second kappa shape index (κ2) is 28.0. The van der Waals surface area contributed by atoms with Gasteiger partial charge >= 0.3 is 0 Å². The number of rotatable bonds is 25. The fraction of sp³-hybridized carbons (Fsp3) is 0.839. The normalized spacial score (nSPS) is 12.2. The summed E-state index contributed by atoms with van der Waals surface area (Å²) >= 11 is 0. The summed E-state index contributed by atoms with van der Waals surface area (Å²) in [6, 6.07) is 5.72. The molecule has 6 heteroatoms. The zero-order valence-electron chi connectivity index (χ0n) is 24.2. The Kier molecular flexibility index (Phi) is 27.2. The van der Waals surface area contributed by atoms with Gasteiger partial charge in [-0.1, -0.05) is 142 Å². The van der Waals surface area contributed by atoms with Gasteiger partial charge in [0.25, 0.3) is 10.1 Å². The molecule has 1 rings (SSSR count). The molecular formula is C31H58FNO3S. The van der Waals surface area contributed by atoms with Gasteiger partial charge in [0.1, 0.15) is 0 Å². The molecule has 0 saturated carbocycles. The Hall–Kier alpha value is -1.01. The topological polar surface area (TPSA) is 56.3 Å². The second-order valence-electron chi connectivity index (χ2n) is 10.3. The van der Waals surface area contributed by atoms with Crippen LogP contribution in [0.5, 0.6) is 0 Å². The number of hydrogen-bond acceptors (Lipinski definition) is 4. The Bertz CT molecular complexity index is 631. The van der Waals surface area contributed by atoms with Gasteiger partial charge in [-0.05, 0) is 31.4 Å². The number of pyridine rings is 1. The van der Waals surface area contributed by atoms with Crippen LogP contribution in [0, 0.1) is 0 Å². The lowest BCUT2D eigenvalue weighted by molar-refractivity contribution is 0.270.